The second kappa shape index (κ2) is 5.39. The van der Waals surface area contributed by atoms with Crippen molar-refractivity contribution in [2.45, 2.75) is 42.9 Å². The Morgan fingerprint density at radius 1 is 1.35 bits per heavy atom. The molecule has 1 atom stereocenters. The van der Waals surface area contributed by atoms with Crippen molar-refractivity contribution in [2.75, 3.05) is 12.3 Å². The van der Waals surface area contributed by atoms with Gasteiger partial charge in [0.1, 0.15) is 6.04 Å². The Labute approximate surface area is 119 Å². The highest BCUT2D eigenvalue weighted by atomic mass is 32.2. The molecule has 0 radical (unpaired) electrons. The molecule has 1 saturated carbocycles. The Morgan fingerprint density at radius 3 is 2.85 bits per heavy atom. The third kappa shape index (κ3) is 2.62. The molecule has 1 amide bonds. The van der Waals surface area contributed by atoms with Crippen LogP contribution in [0.25, 0.3) is 0 Å². The average molecular weight is 297 g/mol. The van der Waals surface area contributed by atoms with Crippen LogP contribution in [0, 0.1) is 0 Å². The van der Waals surface area contributed by atoms with Crippen LogP contribution in [0.3, 0.4) is 0 Å². The van der Waals surface area contributed by atoms with E-state index >= 15 is 0 Å². The Bertz CT molecular complexity index is 530. The third-order valence-electron chi connectivity index (χ3n) is 3.54. The summed E-state index contributed by atoms with van der Waals surface area (Å²) in [7, 11) is 0. The van der Waals surface area contributed by atoms with Gasteiger partial charge >= 0.3 is 5.97 Å². The van der Waals surface area contributed by atoms with Gasteiger partial charge in [-0.25, -0.2) is 9.48 Å². The van der Waals surface area contributed by atoms with Crippen LogP contribution in [0.15, 0.2) is 5.16 Å². The van der Waals surface area contributed by atoms with Crippen LogP contribution >= 0.6 is 11.8 Å². The molecule has 1 aromatic rings. The zero-order chi connectivity index (χ0) is 14.1. The summed E-state index contributed by atoms with van der Waals surface area (Å²) in [6.45, 7) is 0.518. The molecule has 3 rings (SSSR count). The SMILES string of the molecule is O=C(O)[C@@H]1CCCN1C(=O)CSc1nnnn1C1CC1. The molecule has 2 fully saturated rings. The standard InChI is InChI=1S/C11H15N5O3S/c17-9(15-5-1-2-8(15)10(18)19)6-20-11-12-13-14-16(11)7-3-4-7/h7-8H,1-6H2,(H,18,19)/t8-/m0/s1. The van der Waals surface area contributed by atoms with E-state index < -0.39 is 12.0 Å². The van der Waals surface area contributed by atoms with Crippen molar-refractivity contribution in [3.8, 4) is 0 Å². The lowest BCUT2D eigenvalue weighted by atomic mass is 10.2. The first-order valence-electron chi connectivity index (χ1n) is 6.60. The summed E-state index contributed by atoms with van der Waals surface area (Å²) in [4.78, 5) is 24.6. The predicted molar refractivity (Wildman–Crippen MR) is 69.2 cm³/mol. The van der Waals surface area contributed by atoms with E-state index in [1.54, 1.807) is 4.68 Å². The number of hydrogen-bond acceptors (Lipinski definition) is 6. The van der Waals surface area contributed by atoms with E-state index in [1.807, 2.05) is 0 Å². The first-order chi connectivity index (χ1) is 9.66. The Hall–Kier alpha value is -1.64. The number of likely N-dealkylation sites (tertiary alicyclic amines) is 1. The van der Waals surface area contributed by atoms with Crippen molar-refractivity contribution in [2.24, 2.45) is 0 Å². The first kappa shape index (κ1) is 13.3. The summed E-state index contributed by atoms with van der Waals surface area (Å²) >= 11 is 1.27. The minimum absolute atomic E-state index is 0.162. The quantitative estimate of drug-likeness (QED) is 0.773. The summed E-state index contributed by atoms with van der Waals surface area (Å²) in [5, 5.41) is 21.1. The molecule has 108 valence electrons. The number of carboxylic acid groups (broad SMARTS) is 1. The molecule has 2 heterocycles. The van der Waals surface area contributed by atoms with E-state index in [2.05, 4.69) is 15.5 Å². The Balaban J connectivity index is 1.59. The Kier molecular flexibility index (Phi) is 3.60. The average Bonchev–Trinajstić information content (AvgIpc) is 2.97. The minimum atomic E-state index is -0.927. The van der Waals surface area contributed by atoms with E-state index in [-0.39, 0.29) is 11.7 Å². The number of amides is 1. The number of tetrazole rings is 1. The van der Waals surface area contributed by atoms with Crippen LogP contribution in [0.2, 0.25) is 0 Å². The van der Waals surface area contributed by atoms with E-state index in [0.29, 0.717) is 24.2 Å². The van der Waals surface area contributed by atoms with Crippen molar-refractivity contribution in [1.82, 2.24) is 25.1 Å². The largest absolute Gasteiger partial charge is 0.480 e. The molecular formula is C11H15N5O3S. The van der Waals surface area contributed by atoms with Crippen LogP contribution in [0.5, 0.6) is 0 Å². The van der Waals surface area contributed by atoms with Crippen molar-refractivity contribution in [3.63, 3.8) is 0 Å². The molecule has 2 aliphatic rings. The monoisotopic (exact) mass is 297 g/mol. The van der Waals surface area contributed by atoms with Gasteiger partial charge in [-0.1, -0.05) is 11.8 Å². The number of rotatable bonds is 5. The number of thioether (sulfide) groups is 1. The molecule has 1 aliphatic carbocycles. The number of nitrogens with zero attached hydrogens (tertiary/aromatic N) is 5. The lowest BCUT2D eigenvalue weighted by Gasteiger charge is -2.20. The van der Waals surface area contributed by atoms with Gasteiger partial charge in [0, 0.05) is 6.54 Å². The van der Waals surface area contributed by atoms with Crippen LogP contribution in [-0.4, -0.2) is 60.4 Å². The number of carboxylic acids is 1. The van der Waals surface area contributed by atoms with Gasteiger partial charge in [0.25, 0.3) is 0 Å². The maximum absolute atomic E-state index is 12.1. The fraction of sp³-hybridized carbons (Fsp3) is 0.727. The van der Waals surface area contributed by atoms with Gasteiger partial charge in [-0.2, -0.15) is 0 Å². The van der Waals surface area contributed by atoms with Gasteiger partial charge in [0.15, 0.2) is 0 Å². The number of hydrogen-bond donors (Lipinski definition) is 1. The molecular weight excluding hydrogens is 282 g/mol. The number of carbonyl (C=O) groups excluding carboxylic acids is 1. The van der Waals surface area contributed by atoms with E-state index in [4.69, 9.17) is 5.11 Å². The lowest BCUT2D eigenvalue weighted by molar-refractivity contribution is -0.147. The summed E-state index contributed by atoms with van der Waals surface area (Å²) in [5.41, 5.74) is 0. The molecule has 1 aliphatic heterocycles. The van der Waals surface area contributed by atoms with Gasteiger partial charge in [-0.15, -0.1) is 5.10 Å². The molecule has 0 aromatic carbocycles. The van der Waals surface area contributed by atoms with Crippen LogP contribution < -0.4 is 0 Å². The zero-order valence-electron chi connectivity index (χ0n) is 10.8. The molecule has 1 saturated heterocycles. The normalized spacial score (nSPS) is 22.2. The zero-order valence-corrected chi connectivity index (χ0v) is 11.6. The maximum Gasteiger partial charge on any atom is 0.326 e. The molecule has 8 nitrogen and oxygen atoms in total. The molecule has 20 heavy (non-hydrogen) atoms. The van der Waals surface area contributed by atoms with Gasteiger partial charge in [0.05, 0.1) is 11.8 Å². The van der Waals surface area contributed by atoms with Crippen molar-refractivity contribution in [1.29, 1.82) is 0 Å². The number of aliphatic carboxylic acids is 1. The lowest BCUT2D eigenvalue weighted by Crippen LogP contribution is -2.41. The smallest absolute Gasteiger partial charge is 0.326 e. The van der Waals surface area contributed by atoms with E-state index in [9.17, 15) is 9.59 Å². The van der Waals surface area contributed by atoms with E-state index in [0.717, 1.165) is 19.3 Å². The summed E-state index contributed by atoms with van der Waals surface area (Å²) in [5.74, 6) is -0.912. The van der Waals surface area contributed by atoms with Gasteiger partial charge < -0.3 is 10.0 Å². The summed E-state index contributed by atoms with van der Waals surface area (Å²) < 4.78 is 1.75. The fourth-order valence-electron chi connectivity index (χ4n) is 2.36. The highest BCUT2D eigenvalue weighted by Gasteiger charge is 2.34. The second-order valence-corrected chi connectivity index (χ2v) is 5.95. The third-order valence-corrected chi connectivity index (χ3v) is 4.46. The number of carbonyl (C=O) groups is 2. The molecule has 9 heteroatoms. The second-order valence-electron chi connectivity index (χ2n) is 5.01. The predicted octanol–water partition coefficient (Wildman–Crippen LogP) is 0.176. The topological polar surface area (TPSA) is 101 Å². The highest BCUT2D eigenvalue weighted by molar-refractivity contribution is 7.99. The van der Waals surface area contributed by atoms with Crippen LogP contribution in [0.1, 0.15) is 31.7 Å². The van der Waals surface area contributed by atoms with Crippen molar-refractivity contribution < 1.29 is 14.7 Å². The van der Waals surface area contributed by atoms with Gasteiger partial charge in [-0.05, 0) is 36.1 Å². The highest BCUT2D eigenvalue weighted by Crippen LogP contribution is 2.36. The minimum Gasteiger partial charge on any atom is -0.480 e. The van der Waals surface area contributed by atoms with Crippen molar-refractivity contribution >= 4 is 23.6 Å². The first-order valence-corrected chi connectivity index (χ1v) is 7.58. The Morgan fingerprint density at radius 2 is 2.15 bits per heavy atom. The number of aromatic nitrogens is 4. The molecule has 0 unspecified atom stereocenters. The summed E-state index contributed by atoms with van der Waals surface area (Å²) in [6.07, 6.45) is 3.41. The summed E-state index contributed by atoms with van der Waals surface area (Å²) in [6, 6.07) is -0.316. The van der Waals surface area contributed by atoms with Gasteiger partial charge in [0.2, 0.25) is 11.1 Å². The maximum atomic E-state index is 12.1. The molecule has 0 spiro atoms. The molecule has 1 aromatic heterocycles. The molecule has 1 N–H and O–H groups in total. The van der Waals surface area contributed by atoms with Crippen LogP contribution in [0.4, 0.5) is 0 Å². The van der Waals surface area contributed by atoms with Crippen molar-refractivity contribution in [3.05, 3.63) is 0 Å². The van der Waals surface area contributed by atoms with E-state index in [1.165, 1.54) is 16.7 Å². The fourth-order valence-corrected chi connectivity index (χ4v) is 3.19. The van der Waals surface area contributed by atoms with Gasteiger partial charge in [-0.3, -0.25) is 4.79 Å². The van der Waals surface area contributed by atoms with Crippen LogP contribution in [-0.2, 0) is 9.59 Å². The molecule has 0 bridgehead atoms.